The molecule has 0 unspecified atom stereocenters. The molecule has 3 aromatic heterocycles. The van der Waals surface area contributed by atoms with Crippen LogP contribution in [0.25, 0.3) is 21.0 Å². The first-order valence-corrected chi connectivity index (χ1v) is 6.45. The molecular weight excluding hydrogens is 240 g/mol. The highest BCUT2D eigenvalue weighted by Crippen LogP contribution is 2.39. The minimum atomic E-state index is 0.380. The third-order valence-electron chi connectivity index (χ3n) is 2.24. The number of aromatic nitrogens is 1. The van der Waals surface area contributed by atoms with E-state index in [0.717, 1.165) is 21.0 Å². The molecule has 3 heterocycles. The molecule has 0 bridgehead atoms. The Hall–Kier alpha value is -1.59. The lowest BCUT2D eigenvalue weighted by Crippen LogP contribution is -1.84. The van der Waals surface area contributed by atoms with Crippen LogP contribution in [0.15, 0.2) is 39.5 Å². The topological polar surface area (TPSA) is 52.0 Å². The minimum absolute atomic E-state index is 0.380. The Morgan fingerprint density at radius 2 is 1.75 bits per heavy atom. The largest absolute Gasteiger partial charge is 0.367 e. The molecule has 0 atom stereocenters. The second kappa shape index (κ2) is 3.77. The standard InChI is InChI=1S/C11H8N2OS2/c12-11-9(7-3-1-5-15-7)10(13-14-11)8-4-2-6-16-8/h1-6H,12H2. The van der Waals surface area contributed by atoms with Crippen LogP contribution in [0.2, 0.25) is 0 Å². The number of nitrogens with two attached hydrogens (primary N) is 1. The van der Waals surface area contributed by atoms with Crippen molar-refractivity contribution in [2.75, 3.05) is 5.73 Å². The number of nitrogens with zero attached hydrogens (tertiary/aromatic N) is 1. The maximum Gasteiger partial charge on any atom is 0.231 e. The van der Waals surface area contributed by atoms with Crippen LogP contribution in [0.4, 0.5) is 5.88 Å². The molecule has 3 aromatic rings. The second-order valence-electron chi connectivity index (χ2n) is 3.23. The van der Waals surface area contributed by atoms with E-state index in [4.69, 9.17) is 10.3 Å². The van der Waals surface area contributed by atoms with Crippen LogP contribution in [-0.2, 0) is 0 Å². The molecule has 2 N–H and O–H groups in total. The summed E-state index contributed by atoms with van der Waals surface area (Å²) in [7, 11) is 0. The van der Waals surface area contributed by atoms with Crippen LogP contribution in [0, 0.1) is 0 Å². The molecule has 5 heteroatoms. The number of nitrogen functional groups attached to an aromatic ring is 1. The van der Waals surface area contributed by atoms with Gasteiger partial charge in [-0.25, -0.2) is 0 Å². The fraction of sp³-hybridized carbons (Fsp3) is 0. The molecule has 0 aliphatic heterocycles. The number of rotatable bonds is 2. The van der Waals surface area contributed by atoms with Crippen molar-refractivity contribution in [3.05, 3.63) is 35.0 Å². The van der Waals surface area contributed by atoms with Gasteiger partial charge in [0.05, 0.1) is 10.4 Å². The van der Waals surface area contributed by atoms with Gasteiger partial charge in [-0.3, -0.25) is 0 Å². The molecule has 0 aromatic carbocycles. The van der Waals surface area contributed by atoms with Crippen molar-refractivity contribution in [2.24, 2.45) is 0 Å². The Kier molecular flexibility index (Phi) is 2.27. The van der Waals surface area contributed by atoms with E-state index in [1.54, 1.807) is 22.7 Å². The van der Waals surface area contributed by atoms with Crippen molar-refractivity contribution in [3.8, 4) is 21.0 Å². The van der Waals surface area contributed by atoms with Gasteiger partial charge in [0.2, 0.25) is 5.88 Å². The van der Waals surface area contributed by atoms with Crippen LogP contribution in [0.5, 0.6) is 0 Å². The van der Waals surface area contributed by atoms with Crippen LogP contribution in [0.3, 0.4) is 0 Å². The zero-order valence-corrected chi connectivity index (χ0v) is 9.85. The zero-order chi connectivity index (χ0) is 11.0. The lowest BCUT2D eigenvalue weighted by Gasteiger charge is -1.95. The van der Waals surface area contributed by atoms with Gasteiger partial charge in [0.1, 0.15) is 5.69 Å². The Morgan fingerprint density at radius 1 is 1.06 bits per heavy atom. The highest BCUT2D eigenvalue weighted by atomic mass is 32.1. The smallest absolute Gasteiger partial charge is 0.231 e. The summed E-state index contributed by atoms with van der Waals surface area (Å²) in [5, 5.41) is 8.06. The van der Waals surface area contributed by atoms with E-state index in [1.165, 1.54) is 0 Å². The zero-order valence-electron chi connectivity index (χ0n) is 8.21. The maximum absolute atomic E-state index is 5.82. The second-order valence-corrected chi connectivity index (χ2v) is 5.12. The Balaban J connectivity index is 2.21. The Bertz CT molecular complexity index is 582. The highest BCUT2D eigenvalue weighted by Gasteiger charge is 2.18. The molecule has 0 aliphatic carbocycles. The van der Waals surface area contributed by atoms with E-state index in [0.29, 0.717) is 5.88 Å². The first kappa shape index (κ1) is 9.62. The van der Waals surface area contributed by atoms with Crippen LogP contribution in [0.1, 0.15) is 0 Å². The average Bonchev–Trinajstić information content (AvgIpc) is 2.96. The minimum Gasteiger partial charge on any atom is -0.367 e. The fourth-order valence-electron chi connectivity index (χ4n) is 1.54. The molecule has 0 fully saturated rings. The molecule has 16 heavy (non-hydrogen) atoms. The van der Waals surface area contributed by atoms with Crippen molar-refractivity contribution in [1.29, 1.82) is 0 Å². The molecule has 0 saturated carbocycles. The van der Waals surface area contributed by atoms with Crippen LogP contribution >= 0.6 is 22.7 Å². The van der Waals surface area contributed by atoms with Crippen molar-refractivity contribution in [3.63, 3.8) is 0 Å². The molecule has 0 amide bonds. The quantitative estimate of drug-likeness (QED) is 0.752. The summed E-state index contributed by atoms with van der Waals surface area (Å²) in [5.74, 6) is 0.380. The predicted molar refractivity (Wildman–Crippen MR) is 67.5 cm³/mol. The predicted octanol–water partition coefficient (Wildman–Crippen LogP) is 3.71. The third kappa shape index (κ3) is 1.45. The van der Waals surface area contributed by atoms with Gasteiger partial charge >= 0.3 is 0 Å². The van der Waals surface area contributed by atoms with Gasteiger partial charge in [0.25, 0.3) is 0 Å². The molecule has 0 saturated heterocycles. The number of hydrogen-bond acceptors (Lipinski definition) is 5. The lowest BCUT2D eigenvalue weighted by atomic mass is 10.2. The van der Waals surface area contributed by atoms with Crippen molar-refractivity contribution < 1.29 is 4.52 Å². The molecule has 0 radical (unpaired) electrons. The number of thiophene rings is 2. The van der Waals surface area contributed by atoms with Gasteiger partial charge in [-0.05, 0) is 22.9 Å². The SMILES string of the molecule is Nc1onc(-c2cccs2)c1-c1cccs1. The van der Waals surface area contributed by atoms with Gasteiger partial charge < -0.3 is 10.3 Å². The first-order chi connectivity index (χ1) is 7.86. The first-order valence-electron chi connectivity index (χ1n) is 4.69. The lowest BCUT2D eigenvalue weighted by molar-refractivity contribution is 0.439. The van der Waals surface area contributed by atoms with E-state index in [2.05, 4.69) is 5.16 Å². The van der Waals surface area contributed by atoms with Crippen LogP contribution < -0.4 is 5.73 Å². The number of anilines is 1. The van der Waals surface area contributed by atoms with Crippen molar-refractivity contribution >= 4 is 28.6 Å². The fourth-order valence-corrected chi connectivity index (χ4v) is 3.03. The van der Waals surface area contributed by atoms with Crippen molar-refractivity contribution in [2.45, 2.75) is 0 Å². The monoisotopic (exact) mass is 248 g/mol. The normalized spacial score (nSPS) is 10.8. The summed E-state index contributed by atoms with van der Waals surface area (Å²) in [6.07, 6.45) is 0. The molecule has 0 aliphatic rings. The van der Waals surface area contributed by atoms with E-state index >= 15 is 0 Å². The maximum atomic E-state index is 5.82. The molecular formula is C11H8N2OS2. The number of hydrogen-bond donors (Lipinski definition) is 1. The van der Waals surface area contributed by atoms with Gasteiger partial charge in [0.15, 0.2) is 0 Å². The van der Waals surface area contributed by atoms with Crippen LogP contribution in [-0.4, -0.2) is 5.16 Å². The van der Waals surface area contributed by atoms with Gasteiger partial charge in [-0.1, -0.05) is 17.3 Å². The Morgan fingerprint density at radius 3 is 2.38 bits per heavy atom. The summed E-state index contributed by atoms with van der Waals surface area (Å²) < 4.78 is 5.08. The third-order valence-corrected chi connectivity index (χ3v) is 4.00. The molecule has 80 valence electrons. The molecule has 0 spiro atoms. The highest BCUT2D eigenvalue weighted by molar-refractivity contribution is 7.14. The van der Waals surface area contributed by atoms with E-state index in [-0.39, 0.29) is 0 Å². The van der Waals surface area contributed by atoms with E-state index < -0.39 is 0 Å². The summed E-state index contributed by atoms with van der Waals surface area (Å²) in [5.41, 5.74) is 7.55. The average molecular weight is 248 g/mol. The van der Waals surface area contributed by atoms with E-state index in [9.17, 15) is 0 Å². The molecule has 3 nitrogen and oxygen atoms in total. The summed E-state index contributed by atoms with van der Waals surface area (Å²) in [6, 6.07) is 8.01. The Labute approximate surface area is 100 Å². The van der Waals surface area contributed by atoms with Crippen molar-refractivity contribution in [1.82, 2.24) is 5.16 Å². The van der Waals surface area contributed by atoms with Gasteiger partial charge in [-0.2, -0.15) is 0 Å². The summed E-state index contributed by atoms with van der Waals surface area (Å²) in [4.78, 5) is 2.16. The van der Waals surface area contributed by atoms with Gasteiger partial charge in [0, 0.05) is 4.88 Å². The molecule has 3 rings (SSSR count). The summed E-state index contributed by atoms with van der Waals surface area (Å²) in [6.45, 7) is 0. The van der Waals surface area contributed by atoms with E-state index in [1.807, 2.05) is 35.0 Å². The van der Waals surface area contributed by atoms with Gasteiger partial charge in [-0.15, -0.1) is 22.7 Å². The summed E-state index contributed by atoms with van der Waals surface area (Å²) >= 11 is 3.26.